The number of aliphatic imine (C=N–C) groups is 1. The van der Waals surface area contributed by atoms with Crippen LogP contribution >= 0.6 is 0 Å². The lowest BCUT2D eigenvalue weighted by atomic mass is 9.87. The summed E-state index contributed by atoms with van der Waals surface area (Å²) < 4.78 is 31.7. The highest BCUT2D eigenvalue weighted by molar-refractivity contribution is 5.88. The minimum absolute atomic E-state index is 0.107. The number of rotatable bonds is 7. The molecule has 0 saturated heterocycles. The summed E-state index contributed by atoms with van der Waals surface area (Å²) in [6.07, 6.45) is 5.92. The molecular formula is C19H24F2N2O3. The molecule has 0 heterocycles. The van der Waals surface area contributed by atoms with E-state index in [9.17, 15) is 18.4 Å². The molecule has 1 aliphatic carbocycles. The van der Waals surface area contributed by atoms with E-state index in [1.54, 1.807) is 0 Å². The van der Waals surface area contributed by atoms with Gasteiger partial charge in [0.15, 0.2) is 0 Å². The number of nitrogens with zero attached hydrogens (tertiary/aromatic N) is 1. The number of nitrogens with one attached hydrogen (secondary N) is 1. The first-order valence-corrected chi connectivity index (χ1v) is 8.86. The summed E-state index contributed by atoms with van der Waals surface area (Å²) in [6, 6.07) is 1.85. The van der Waals surface area contributed by atoms with Gasteiger partial charge in [0, 0.05) is 12.5 Å². The number of amides is 2. The van der Waals surface area contributed by atoms with Gasteiger partial charge in [-0.15, -0.1) is 0 Å². The van der Waals surface area contributed by atoms with Crippen LogP contribution in [0.15, 0.2) is 23.2 Å². The van der Waals surface area contributed by atoms with Crippen molar-refractivity contribution in [1.82, 2.24) is 5.32 Å². The standard InChI is InChI=1S/C19H24F2N2O3/c1-22-18(24)17(11-14-9-15(20)12-16(21)10-14)23-19(25)26-8-7-13-5-3-2-4-6-13/h9-10,12-13,17H,1-8,11H2,(H,23,25)/t17-/m0/s1. The van der Waals surface area contributed by atoms with E-state index in [1.165, 1.54) is 19.3 Å². The molecule has 0 aliphatic heterocycles. The number of halogens is 2. The van der Waals surface area contributed by atoms with Crippen molar-refractivity contribution in [2.45, 2.75) is 51.0 Å². The highest BCUT2D eigenvalue weighted by Gasteiger charge is 2.22. The van der Waals surface area contributed by atoms with Crippen LogP contribution in [0.3, 0.4) is 0 Å². The van der Waals surface area contributed by atoms with Gasteiger partial charge in [-0.3, -0.25) is 4.79 Å². The second kappa shape index (κ2) is 9.99. The molecule has 1 atom stereocenters. The zero-order valence-electron chi connectivity index (χ0n) is 14.7. The Labute approximate surface area is 151 Å². The van der Waals surface area contributed by atoms with E-state index < -0.39 is 29.7 Å². The number of carbonyl (C=O) groups excluding carboxylic acids is 2. The van der Waals surface area contributed by atoms with Crippen LogP contribution in [0.2, 0.25) is 0 Å². The van der Waals surface area contributed by atoms with E-state index in [4.69, 9.17) is 4.74 Å². The van der Waals surface area contributed by atoms with Crippen LogP contribution in [0.4, 0.5) is 13.6 Å². The van der Waals surface area contributed by atoms with E-state index in [0.29, 0.717) is 5.92 Å². The summed E-state index contributed by atoms with van der Waals surface area (Å²) in [5.74, 6) is -1.64. The van der Waals surface area contributed by atoms with Crippen molar-refractivity contribution in [3.63, 3.8) is 0 Å². The first kappa shape index (κ1) is 20.0. The number of hydrogen-bond donors (Lipinski definition) is 1. The van der Waals surface area contributed by atoms with E-state index in [1.807, 2.05) is 0 Å². The van der Waals surface area contributed by atoms with Gasteiger partial charge in [-0.2, -0.15) is 0 Å². The average Bonchev–Trinajstić information content (AvgIpc) is 2.60. The number of benzene rings is 1. The third-order valence-electron chi connectivity index (χ3n) is 4.59. The van der Waals surface area contributed by atoms with Crippen molar-refractivity contribution >= 4 is 18.7 Å². The second-order valence-corrected chi connectivity index (χ2v) is 6.60. The summed E-state index contributed by atoms with van der Waals surface area (Å²) in [6.45, 7) is 3.42. The molecule has 1 N–H and O–H groups in total. The maximum Gasteiger partial charge on any atom is 0.407 e. The lowest BCUT2D eigenvalue weighted by Gasteiger charge is -2.21. The zero-order chi connectivity index (χ0) is 18.9. The highest BCUT2D eigenvalue weighted by Crippen LogP contribution is 2.26. The topological polar surface area (TPSA) is 67.8 Å². The number of ether oxygens (including phenoxy) is 1. The van der Waals surface area contributed by atoms with Crippen molar-refractivity contribution in [1.29, 1.82) is 0 Å². The van der Waals surface area contributed by atoms with Gasteiger partial charge in [0.1, 0.15) is 17.7 Å². The van der Waals surface area contributed by atoms with E-state index in [2.05, 4.69) is 17.0 Å². The fourth-order valence-electron chi connectivity index (χ4n) is 3.25. The lowest BCUT2D eigenvalue weighted by Crippen LogP contribution is -2.42. The molecule has 26 heavy (non-hydrogen) atoms. The van der Waals surface area contributed by atoms with Crippen LogP contribution < -0.4 is 5.32 Å². The molecule has 1 saturated carbocycles. The van der Waals surface area contributed by atoms with Crippen LogP contribution in [0.5, 0.6) is 0 Å². The molecule has 0 aromatic heterocycles. The Kier molecular flexibility index (Phi) is 7.69. The predicted octanol–water partition coefficient (Wildman–Crippen LogP) is 3.80. The van der Waals surface area contributed by atoms with Crippen LogP contribution in [0, 0.1) is 17.6 Å². The molecular weight excluding hydrogens is 342 g/mol. The van der Waals surface area contributed by atoms with E-state index in [0.717, 1.165) is 37.5 Å². The molecule has 2 amide bonds. The predicted molar refractivity (Wildman–Crippen MR) is 94.1 cm³/mol. The molecule has 0 spiro atoms. The Balaban J connectivity index is 1.86. The molecule has 0 unspecified atom stereocenters. The Hall–Kier alpha value is -2.31. The summed E-state index contributed by atoms with van der Waals surface area (Å²) in [5.41, 5.74) is 0.229. The minimum atomic E-state index is -1.09. The van der Waals surface area contributed by atoms with Gasteiger partial charge in [-0.05, 0) is 36.8 Å². The molecule has 0 bridgehead atoms. The molecule has 1 fully saturated rings. The van der Waals surface area contributed by atoms with Crippen molar-refractivity contribution in [3.05, 3.63) is 35.4 Å². The summed E-state index contributed by atoms with van der Waals surface area (Å²) >= 11 is 0. The van der Waals surface area contributed by atoms with E-state index in [-0.39, 0.29) is 18.6 Å². The van der Waals surface area contributed by atoms with Crippen LogP contribution in [0.1, 0.15) is 44.1 Å². The minimum Gasteiger partial charge on any atom is -0.450 e. The van der Waals surface area contributed by atoms with Crippen LogP contribution in [0.25, 0.3) is 0 Å². The first-order chi connectivity index (χ1) is 12.5. The zero-order valence-corrected chi connectivity index (χ0v) is 14.7. The van der Waals surface area contributed by atoms with Gasteiger partial charge in [0.25, 0.3) is 5.91 Å². The average molecular weight is 366 g/mol. The van der Waals surface area contributed by atoms with Crippen molar-refractivity contribution in [2.75, 3.05) is 6.61 Å². The summed E-state index contributed by atoms with van der Waals surface area (Å²) in [7, 11) is 0. The van der Waals surface area contributed by atoms with Crippen LogP contribution in [-0.4, -0.2) is 31.4 Å². The highest BCUT2D eigenvalue weighted by atomic mass is 19.1. The number of hydrogen-bond acceptors (Lipinski definition) is 3. The largest absolute Gasteiger partial charge is 0.450 e. The summed E-state index contributed by atoms with van der Waals surface area (Å²) in [4.78, 5) is 27.1. The van der Waals surface area contributed by atoms with Crippen molar-refractivity contribution < 1.29 is 23.1 Å². The third-order valence-corrected chi connectivity index (χ3v) is 4.59. The van der Waals surface area contributed by atoms with Gasteiger partial charge in [-0.1, -0.05) is 32.1 Å². The maximum absolute atomic E-state index is 13.3. The Morgan fingerprint density at radius 3 is 2.46 bits per heavy atom. The molecule has 0 radical (unpaired) electrons. The molecule has 2 rings (SSSR count). The molecule has 142 valence electrons. The molecule has 1 aliphatic rings. The van der Waals surface area contributed by atoms with Gasteiger partial charge in [0.2, 0.25) is 0 Å². The molecule has 5 nitrogen and oxygen atoms in total. The van der Waals surface area contributed by atoms with Gasteiger partial charge in [-0.25, -0.2) is 18.6 Å². The Morgan fingerprint density at radius 2 is 1.85 bits per heavy atom. The quantitative estimate of drug-likeness (QED) is 0.747. The lowest BCUT2D eigenvalue weighted by molar-refractivity contribution is -0.119. The van der Waals surface area contributed by atoms with Crippen molar-refractivity contribution in [2.24, 2.45) is 10.9 Å². The van der Waals surface area contributed by atoms with E-state index >= 15 is 0 Å². The van der Waals surface area contributed by atoms with Crippen molar-refractivity contribution in [3.8, 4) is 0 Å². The summed E-state index contributed by atoms with van der Waals surface area (Å²) in [5, 5.41) is 2.40. The first-order valence-electron chi connectivity index (χ1n) is 8.86. The second-order valence-electron chi connectivity index (χ2n) is 6.60. The molecule has 1 aromatic carbocycles. The SMILES string of the molecule is C=NC(=O)[C@H](Cc1cc(F)cc(F)c1)NC(=O)OCCC1CCCCC1. The molecule has 1 aromatic rings. The fourth-order valence-corrected chi connectivity index (χ4v) is 3.25. The van der Waals surface area contributed by atoms with Gasteiger partial charge >= 0.3 is 6.09 Å². The van der Waals surface area contributed by atoms with Gasteiger partial charge in [0.05, 0.1) is 6.61 Å². The third kappa shape index (κ3) is 6.54. The normalized spacial score (nSPS) is 15.9. The number of alkyl carbamates (subject to hydrolysis) is 1. The Morgan fingerprint density at radius 1 is 1.19 bits per heavy atom. The fraction of sp³-hybridized carbons (Fsp3) is 0.526. The van der Waals surface area contributed by atoms with Gasteiger partial charge < -0.3 is 10.1 Å². The smallest absolute Gasteiger partial charge is 0.407 e. The Bertz CT molecular complexity index is 625. The maximum atomic E-state index is 13.3. The number of carbonyl (C=O) groups is 2. The van der Waals surface area contributed by atoms with Crippen LogP contribution in [-0.2, 0) is 16.0 Å². The molecule has 7 heteroatoms. The monoisotopic (exact) mass is 366 g/mol.